The molecule has 0 spiro atoms. The van der Waals surface area contributed by atoms with Gasteiger partial charge < -0.3 is 28.8 Å². The second kappa shape index (κ2) is 14.3. The van der Waals surface area contributed by atoms with Crippen LogP contribution in [0.3, 0.4) is 0 Å². The summed E-state index contributed by atoms with van der Waals surface area (Å²) in [5.74, 6) is 1.88. The van der Waals surface area contributed by atoms with Gasteiger partial charge in [0.15, 0.2) is 12.3 Å². The van der Waals surface area contributed by atoms with Crippen LogP contribution in [0.2, 0.25) is 0 Å². The van der Waals surface area contributed by atoms with E-state index in [9.17, 15) is 14.7 Å². The number of rotatable bonds is 11. The Morgan fingerprint density at radius 1 is 0.679 bits per heavy atom. The van der Waals surface area contributed by atoms with Crippen LogP contribution in [0.15, 0.2) is 155 Å². The van der Waals surface area contributed by atoms with Gasteiger partial charge in [0, 0.05) is 23.0 Å². The lowest BCUT2D eigenvalue weighted by molar-refractivity contribution is -0.0955. The number of aromatic amines is 1. The molecule has 1 saturated heterocycles. The molecule has 2 heterocycles. The minimum atomic E-state index is -1.28. The van der Waals surface area contributed by atoms with E-state index in [1.54, 1.807) is 14.2 Å². The van der Waals surface area contributed by atoms with Crippen LogP contribution in [0, 0.1) is 0 Å². The molecule has 0 radical (unpaired) electrons. The molecule has 56 heavy (non-hydrogen) atoms. The smallest absolute Gasteiger partial charge is 0.330 e. The highest BCUT2D eigenvalue weighted by atomic mass is 16.6. The first kappa shape index (κ1) is 35.3. The van der Waals surface area contributed by atoms with Crippen molar-refractivity contribution in [2.24, 2.45) is 0 Å². The minimum absolute atomic E-state index is 0.124. The fourth-order valence-electron chi connectivity index (χ4n) is 8.07. The molecule has 10 nitrogen and oxygen atoms in total. The molecule has 0 aliphatic carbocycles. The predicted octanol–water partition coefficient (Wildman–Crippen LogP) is 7.17. The van der Waals surface area contributed by atoms with E-state index in [4.69, 9.17) is 23.7 Å². The van der Waals surface area contributed by atoms with Gasteiger partial charge in [-0.1, -0.05) is 97.1 Å². The zero-order valence-electron chi connectivity index (χ0n) is 30.6. The van der Waals surface area contributed by atoms with Gasteiger partial charge in [0.1, 0.15) is 35.1 Å². The van der Waals surface area contributed by atoms with Crippen LogP contribution in [0.25, 0.3) is 32.3 Å². The second-order valence-electron chi connectivity index (χ2n) is 13.9. The molecule has 2 unspecified atom stereocenters. The Kier molecular flexibility index (Phi) is 9.01. The van der Waals surface area contributed by atoms with Crippen LogP contribution < -0.4 is 25.5 Å². The Labute approximate surface area is 321 Å². The van der Waals surface area contributed by atoms with Crippen molar-refractivity contribution < 1.29 is 28.8 Å². The number of benzene rings is 7. The quantitative estimate of drug-likeness (QED) is 0.106. The van der Waals surface area contributed by atoms with E-state index >= 15 is 0 Å². The first-order valence-electron chi connectivity index (χ1n) is 18.3. The molecule has 8 aromatic rings. The van der Waals surface area contributed by atoms with E-state index in [-0.39, 0.29) is 6.61 Å². The molecule has 1 fully saturated rings. The van der Waals surface area contributed by atoms with E-state index in [0.29, 0.717) is 17.2 Å². The number of nitrogens with one attached hydrogen (secondary N) is 1. The minimum Gasteiger partial charge on any atom is -0.497 e. The lowest BCUT2D eigenvalue weighted by atomic mass is 9.80. The van der Waals surface area contributed by atoms with E-state index in [1.807, 2.05) is 103 Å². The zero-order chi connectivity index (χ0) is 38.4. The molecular weight excluding hydrogens is 709 g/mol. The van der Waals surface area contributed by atoms with Crippen molar-refractivity contribution in [3.8, 4) is 17.2 Å². The zero-order valence-corrected chi connectivity index (χ0v) is 30.6. The van der Waals surface area contributed by atoms with E-state index < -0.39 is 41.4 Å². The third-order valence-corrected chi connectivity index (χ3v) is 10.8. The fourth-order valence-corrected chi connectivity index (χ4v) is 8.07. The lowest BCUT2D eigenvalue weighted by Crippen LogP contribution is -2.42. The number of H-pyrrole nitrogens is 1. The highest BCUT2D eigenvalue weighted by molar-refractivity contribution is 6.24. The summed E-state index contributed by atoms with van der Waals surface area (Å²) in [6, 6.07) is 44.7. The maximum absolute atomic E-state index is 13.3. The largest absolute Gasteiger partial charge is 0.497 e. The Balaban J connectivity index is 1.13. The molecule has 1 aromatic heterocycles. The first-order chi connectivity index (χ1) is 27.4. The number of aliphatic hydroxyl groups excluding tert-OH is 1. The first-order valence-corrected chi connectivity index (χ1v) is 18.3. The molecule has 1 aliphatic rings. The van der Waals surface area contributed by atoms with Crippen LogP contribution in [0.5, 0.6) is 17.2 Å². The number of methoxy groups -OCH3 is 2. The van der Waals surface area contributed by atoms with Gasteiger partial charge in [0.05, 0.1) is 20.8 Å². The molecule has 10 heteroatoms. The average molecular weight is 747 g/mol. The second-order valence-corrected chi connectivity index (χ2v) is 13.9. The van der Waals surface area contributed by atoms with Gasteiger partial charge in [-0.2, -0.15) is 0 Å². The molecule has 1 aliphatic heterocycles. The summed E-state index contributed by atoms with van der Waals surface area (Å²) >= 11 is 0. The molecule has 7 aromatic carbocycles. The molecule has 9 rings (SSSR count). The standard InChI is InChI=1S/C46H38N2O8/c1-52-34-19-15-32(16-20-34)46(31-9-4-3-5-10-31,33-17-21-35(53-2)22-18-33)54-27-38-42(50)43(44(56-38)48-26-25-39(49)47-45(48)51)55-37-24-14-30-12-11-28-7-6-8-29-13-23-36(37)41(30)40(28)29/h3-26,38,42-44,50H,27H2,1-2H3,(H,47,49,51)/t38-,42?,43?,44-/m1/s1. The van der Waals surface area contributed by atoms with Crippen molar-refractivity contribution >= 4 is 32.3 Å². The number of nitrogens with zero attached hydrogens (tertiary/aromatic N) is 1. The van der Waals surface area contributed by atoms with E-state index in [0.717, 1.165) is 49.0 Å². The normalized spacial score (nSPS) is 18.5. The van der Waals surface area contributed by atoms with Gasteiger partial charge in [0.25, 0.3) is 5.56 Å². The van der Waals surface area contributed by atoms with Gasteiger partial charge in [-0.05, 0) is 74.6 Å². The Hall–Kier alpha value is -6.46. The summed E-state index contributed by atoms with van der Waals surface area (Å²) < 4.78 is 32.7. The van der Waals surface area contributed by atoms with Gasteiger partial charge in [0.2, 0.25) is 0 Å². The summed E-state index contributed by atoms with van der Waals surface area (Å²) in [5, 5.41) is 18.5. The molecule has 0 bridgehead atoms. The lowest BCUT2D eigenvalue weighted by Gasteiger charge is -2.37. The van der Waals surface area contributed by atoms with Crippen molar-refractivity contribution in [1.82, 2.24) is 9.55 Å². The Bertz CT molecular complexity index is 2700. The summed E-state index contributed by atoms with van der Waals surface area (Å²) in [6.45, 7) is -0.124. The topological polar surface area (TPSA) is 121 Å². The molecule has 2 N–H and O–H groups in total. The van der Waals surface area contributed by atoms with E-state index in [1.165, 1.54) is 16.8 Å². The van der Waals surface area contributed by atoms with Crippen molar-refractivity contribution in [2.75, 3.05) is 20.8 Å². The highest BCUT2D eigenvalue weighted by Gasteiger charge is 2.49. The van der Waals surface area contributed by atoms with Crippen molar-refractivity contribution in [3.63, 3.8) is 0 Å². The van der Waals surface area contributed by atoms with Crippen LogP contribution in [0.4, 0.5) is 0 Å². The molecular formula is C46H38N2O8. The van der Waals surface area contributed by atoms with Gasteiger partial charge >= 0.3 is 5.69 Å². The van der Waals surface area contributed by atoms with Crippen LogP contribution >= 0.6 is 0 Å². The Morgan fingerprint density at radius 3 is 1.89 bits per heavy atom. The fraction of sp³-hybridized carbons (Fsp3) is 0.174. The molecule has 0 amide bonds. The highest BCUT2D eigenvalue weighted by Crippen LogP contribution is 2.44. The number of hydrogen-bond donors (Lipinski definition) is 2. The third-order valence-electron chi connectivity index (χ3n) is 10.8. The third kappa shape index (κ3) is 5.95. The number of aromatic nitrogens is 2. The monoisotopic (exact) mass is 746 g/mol. The van der Waals surface area contributed by atoms with Crippen molar-refractivity contribution in [1.29, 1.82) is 0 Å². The van der Waals surface area contributed by atoms with Gasteiger partial charge in [-0.15, -0.1) is 0 Å². The average Bonchev–Trinajstić information content (AvgIpc) is 3.54. The van der Waals surface area contributed by atoms with Crippen LogP contribution in [0.1, 0.15) is 22.9 Å². The summed E-state index contributed by atoms with van der Waals surface area (Å²) in [5.41, 5.74) is -0.0133. The molecule has 280 valence electrons. The maximum atomic E-state index is 13.3. The van der Waals surface area contributed by atoms with Crippen molar-refractivity contribution in [2.45, 2.75) is 30.1 Å². The molecule has 0 saturated carbocycles. The molecule has 4 atom stereocenters. The predicted molar refractivity (Wildman–Crippen MR) is 214 cm³/mol. The van der Waals surface area contributed by atoms with Crippen LogP contribution in [-0.4, -0.2) is 53.8 Å². The number of aliphatic hydroxyl groups is 1. The van der Waals surface area contributed by atoms with Gasteiger partial charge in [-0.25, -0.2) is 4.79 Å². The summed E-state index contributed by atoms with van der Waals surface area (Å²) in [6.07, 6.45) is -3.13. The SMILES string of the molecule is COc1ccc(C(OC[C@H]2O[C@@H](n3ccc(=O)[nH]c3=O)C(Oc3ccc4ccc5cccc6ccc3c4c56)C2O)(c2ccccc2)c2ccc(OC)cc2)cc1. The number of hydrogen-bond acceptors (Lipinski definition) is 8. The summed E-state index contributed by atoms with van der Waals surface area (Å²) in [7, 11) is 3.23. The summed E-state index contributed by atoms with van der Waals surface area (Å²) in [4.78, 5) is 27.8. The maximum Gasteiger partial charge on any atom is 0.330 e. The number of ether oxygens (including phenoxy) is 5. The van der Waals surface area contributed by atoms with Gasteiger partial charge in [-0.3, -0.25) is 14.3 Å². The Morgan fingerprint density at radius 2 is 1.27 bits per heavy atom. The van der Waals surface area contributed by atoms with Crippen molar-refractivity contribution in [3.05, 3.63) is 183 Å². The van der Waals surface area contributed by atoms with Crippen LogP contribution in [-0.2, 0) is 15.1 Å². The van der Waals surface area contributed by atoms with E-state index in [2.05, 4.69) is 35.3 Å².